The first-order valence-electron chi connectivity index (χ1n) is 5.77. The van der Waals surface area contributed by atoms with Crippen LogP contribution < -0.4 is 18.9 Å². The molecule has 3 rings (SSSR count). The Morgan fingerprint density at radius 3 is 1.68 bits per heavy atom. The Hall–Kier alpha value is -1.88. The van der Waals surface area contributed by atoms with Crippen molar-refractivity contribution in [1.82, 2.24) is 9.97 Å². The average molecular weight is 238 g/mol. The first kappa shape index (κ1) is 13.5. The molecule has 0 aliphatic rings. The topological polar surface area (TPSA) is 25.8 Å². The van der Waals surface area contributed by atoms with Crippen molar-refractivity contribution in [2.24, 2.45) is 0 Å². The molecule has 0 unspecified atom stereocenters. The van der Waals surface area contributed by atoms with Crippen molar-refractivity contribution in [2.45, 2.75) is 0 Å². The molecular weight excluding hydrogens is 227 g/mol. The van der Waals surface area contributed by atoms with Crippen LogP contribution in [0, 0.1) is 6.07 Å². The smallest absolute Gasteiger partial charge is 0.270 e. The maximum absolute atomic E-state index is 4.34. The Kier molecular flexibility index (Phi) is 4.52. The molecule has 0 bridgehead atoms. The summed E-state index contributed by atoms with van der Waals surface area (Å²) in [6.45, 7) is 0. The number of rotatable bonds is 2. The van der Waals surface area contributed by atoms with Crippen LogP contribution in [0.5, 0.6) is 0 Å². The summed E-state index contributed by atoms with van der Waals surface area (Å²) in [7, 11) is 0. The van der Waals surface area contributed by atoms with Crippen molar-refractivity contribution in [3.05, 3.63) is 73.1 Å². The van der Waals surface area contributed by atoms with Crippen molar-refractivity contribution in [1.29, 1.82) is 0 Å². The molecule has 19 heavy (non-hydrogen) atoms. The molecule has 86 valence electrons. The zero-order valence-corrected chi connectivity index (χ0v) is 10.7. The van der Waals surface area contributed by atoms with E-state index in [1.54, 1.807) is 12.4 Å². The molecule has 0 amide bonds. The van der Waals surface area contributed by atoms with Gasteiger partial charge in [-0.05, 0) is 24.3 Å². The SMILES string of the molecule is [Li+].[c-]1cc(-c2ccccn2)cc(-c2ccccn2)c1. The minimum atomic E-state index is 0. The molecule has 0 saturated heterocycles. The Balaban J connectivity index is 0.00000133. The molecule has 2 nitrogen and oxygen atoms in total. The van der Waals surface area contributed by atoms with Crippen molar-refractivity contribution in [3.8, 4) is 22.5 Å². The molecule has 2 aromatic heterocycles. The van der Waals surface area contributed by atoms with E-state index in [0.717, 1.165) is 22.5 Å². The van der Waals surface area contributed by atoms with Crippen LogP contribution >= 0.6 is 0 Å². The van der Waals surface area contributed by atoms with Gasteiger partial charge in [-0.2, -0.15) is 24.3 Å². The van der Waals surface area contributed by atoms with Gasteiger partial charge in [-0.25, -0.2) is 0 Å². The first-order chi connectivity index (χ1) is 8.93. The van der Waals surface area contributed by atoms with E-state index in [1.165, 1.54) is 0 Å². The van der Waals surface area contributed by atoms with E-state index in [1.807, 2.05) is 48.5 Å². The van der Waals surface area contributed by atoms with Crippen LogP contribution in [0.2, 0.25) is 0 Å². The molecule has 0 aliphatic carbocycles. The van der Waals surface area contributed by atoms with Crippen LogP contribution in [0.3, 0.4) is 0 Å². The molecular formula is C16H11LiN2. The van der Waals surface area contributed by atoms with Crippen molar-refractivity contribution >= 4 is 0 Å². The van der Waals surface area contributed by atoms with Gasteiger partial charge in [-0.15, -0.1) is 11.1 Å². The van der Waals surface area contributed by atoms with Gasteiger partial charge in [0, 0.05) is 23.8 Å². The maximum Gasteiger partial charge on any atom is 1.00 e. The van der Waals surface area contributed by atoms with E-state index in [0.29, 0.717) is 0 Å². The van der Waals surface area contributed by atoms with Gasteiger partial charge in [0.15, 0.2) is 0 Å². The summed E-state index contributed by atoms with van der Waals surface area (Å²) < 4.78 is 0. The van der Waals surface area contributed by atoms with E-state index < -0.39 is 0 Å². The third-order valence-electron chi connectivity index (χ3n) is 2.71. The fraction of sp³-hybridized carbons (Fsp3) is 0. The van der Waals surface area contributed by atoms with Crippen LogP contribution in [-0.2, 0) is 0 Å². The van der Waals surface area contributed by atoms with Gasteiger partial charge < -0.3 is 0 Å². The van der Waals surface area contributed by atoms with Crippen LogP contribution in [0.15, 0.2) is 67.0 Å². The fourth-order valence-corrected chi connectivity index (χ4v) is 1.83. The number of hydrogen-bond donors (Lipinski definition) is 0. The summed E-state index contributed by atoms with van der Waals surface area (Å²) >= 11 is 0. The van der Waals surface area contributed by atoms with Gasteiger partial charge in [0.05, 0.1) is 0 Å². The molecule has 1 aromatic carbocycles. The molecule has 0 spiro atoms. The summed E-state index contributed by atoms with van der Waals surface area (Å²) in [4.78, 5) is 8.69. The van der Waals surface area contributed by atoms with E-state index in [4.69, 9.17) is 0 Å². The number of benzene rings is 1. The molecule has 0 radical (unpaired) electrons. The van der Waals surface area contributed by atoms with Gasteiger partial charge in [0.25, 0.3) is 0 Å². The summed E-state index contributed by atoms with van der Waals surface area (Å²) in [5.74, 6) is 0. The number of hydrogen-bond acceptors (Lipinski definition) is 2. The standard InChI is InChI=1S/C16H11N2.Li/c1-3-10-17-15(8-1)13-6-5-7-14(12-13)16-9-2-4-11-18-16;/h1-4,6-12H;/q-1;+1. The van der Waals surface area contributed by atoms with E-state index in [9.17, 15) is 0 Å². The monoisotopic (exact) mass is 238 g/mol. The van der Waals surface area contributed by atoms with Crippen LogP contribution in [0.4, 0.5) is 0 Å². The van der Waals surface area contributed by atoms with Crippen LogP contribution in [0.1, 0.15) is 0 Å². The second-order valence-corrected chi connectivity index (χ2v) is 3.94. The van der Waals surface area contributed by atoms with E-state index in [2.05, 4.69) is 22.1 Å². The number of aromatic nitrogens is 2. The molecule has 2 heterocycles. The molecule has 0 saturated carbocycles. The second-order valence-electron chi connectivity index (χ2n) is 3.94. The Morgan fingerprint density at radius 2 is 1.26 bits per heavy atom. The minimum absolute atomic E-state index is 0. The predicted molar refractivity (Wildman–Crippen MR) is 71.7 cm³/mol. The summed E-state index contributed by atoms with van der Waals surface area (Å²) in [6, 6.07) is 20.9. The average Bonchev–Trinajstić information content (AvgIpc) is 2.49. The van der Waals surface area contributed by atoms with E-state index >= 15 is 0 Å². The molecule has 0 N–H and O–H groups in total. The van der Waals surface area contributed by atoms with Gasteiger partial charge in [-0.3, -0.25) is 9.97 Å². The Bertz CT molecular complexity index is 584. The van der Waals surface area contributed by atoms with Gasteiger partial charge >= 0.3 is 18.9 Å². The van der Waals surface area contributed by atoms with Crippen molar-refractivity contribution < 1.29 is 18.9 Å². The zero-order valence-electron chi connectivity index (χ0n) is 10.7. The first-order valence-corrected chi connectivity index (χ1v) is 5.77. The summed E-state index contributed by atoms with van der Waals surface area (Å²) in [5, 5.41) is 0. The largest absolute Gasteiger partial charge is 1.00 e. The second kappa shape index (κ2) is 6.33. The summed E-state index contributed by atoms with van der Waals surface area (Å²) in [5.41, 5.74) is 4.01. The molecule has 3 heteroatoms. The maximum atomic E-state index is 4.34. The third-order valence-corrected chi connectivity index (χ3v) is 2.71. The number of pyridine rings is 2. The molecule has 0 aliphatic heterocycles. The Labute approximate surface area is 124 Å². The van der Waals surface area contributed by atoms with E-state index in [-0.39, 0.29) is 18.9 Å². The molecule has 0 atom stereocenters. The third kappa shape index (κ3) is 3.11. The normalized spacial score (nSPS) is 9.68. The minimum Gasteiger partial charge on any atom is -0.270 e. The van der Waals surface area contributed by atoms with Crippen LogP contribution in [-0.4, -0.2) is 9.97 Å². The van der Waals surface area contributed by atoms with Crippen LogP contribution in [0.25, 0.3) is 22.5 Å². The fourth-order valence-electron chi connectivity index (χ4n) is 1.83. The predicted octanol–water partition coefficient (Wildman–Crippen LogP) is 0.615. The van der Waals surface area contributed by atoms with Crippen molar-refractivity contribution in [3.63, 3.8) is 0 Å². The molecule has 0 fully saturated rings. The van der Waals surface area contributed by atoms with Gasteiger partial charge in [-0.1, -0.05) is 12.1 Å². The zero-order chi connectivity index (χ0) is 12.2. The Morgan fingerprint density at radius 1 is 0.737 bits per heavy atom. The van der Waals surface area contributed by atoms with Crippen molar-refractivity contribution in [2.75, 3.05) is 0 Å². The summed E-state index contributed by atoms with van der Waals surface area (Å²) in [6.07, 6.45) is 3.59. The molecule has 3 aromatic rings. The van der Waals surface area contributed by atoms with Gasteiger partial charge in [0.2, 0.25) is 0 Å². The number of nitrogens with zero attached hydrogens (tertiary/aromatic N) is 2. The van der Waals surface area contributed by atoms with Gasteiger partial charge in [0.1, 0.15) is 0 Å². The quantitative estimate of drug-likeness (QED) is 0.483.